The normalized spacial score (nSPS) is 21.9. The quantitative estimate of drug-likeness (QED) is 0.830. The number of nitrogens with zero attached hydrogens (tertiary/aromatic N) is 4. The fourth-order valence-corrected chi connectivity index (χ4v) is 5.29. The lowest BCUT2D eigenvalue weighted by Gasteiger charge is -2.38. The molecular formula is C15H26N4O2S. The van der Waals surface area contributed by atoms with Gasteiger partial charge in [-0.25, -0.2) is 18.1 Å². The van der Waals surface area contributed by atoms with Gasteiger partial charge in [0.1, 0.15) is 11.6 Å². The molecule has 0 radical (unpaired) electrons. The van der Waals surface area contributed by atoms with Crippen LogP contribution < -0.4 is 0 Å². The fraction of sp³-hybridized carbons (Fsp3) is 0.867. The second-order valence-electron chi connectivity index (χ2n) is 6.73. The van der Waals surface area contributed by atoms with Crippen LogP contribution in [0.5, 0.6) is 0 Å². The van der Waals surface area contributed by atoms with Crippen LogP contribution in [0.3, 0.4) is 0 Å². The van der Waals surface area contributed by atoms with Gasteiger partial charge in [-0.3, -0.25) is 0 Å². The Kier molecular flexibility index (Phi) is 4.54. The van der Waals surface area contributed by atoms with Crippen LogP contribution in [0.1, 0.15) is 56.2 Å². The first-order valence-electron chi connectivity index (χ1n) is 8.33. The first-order valence-corrected chi connectivity index (χ1v) is 9.94. The van der Waals surface area contributed by atoms with Gasteiger partial charge in [-0.15, -0.1) is 0 Å². The van der Waals surface area contributed by atoms with Crippen molar-refractivity contribution in [3.63, 3.8) is 0 Å². The van der Waals surface area contributed by atoms with Gasteiger partial charge in [0.2, 0.25) is 10.0 Å². The molecule has 0 unspecified atom stereocenters. The van der Waals surface area contributed by atoms with E-state index >= 15 is 0 Å². The number of hydrogen-bond donors (Lipinski definition) is 0. The Labute approximate surface area is 133 Å². The van der Waals surface area contributed by atoms with Gasteiger partial charge in [-0.2, -0.15) is 9.40 Å². The van der Waals surface area contributed by atoms with Gasteiger partial charge in [0, 0.05) is 13.1 Å². The van der Waals surface area contributed by atoms with Crippen LogP contribution in [-0.4, -0.2) is 46.3 Å². The van der Waals surface area contributed by atoms with Gasteiger partial charge in [0.15, 0.2) is 0 Å². The standard InChI is InChI=1S/C15H26N4O2S/c1-12-16-13(2)19(17-12)15-10-18(11-15)22(20,21)9-8-14-6-4-3-5-7-14/h14-15H,3-11H2,1-2H3. The molecule has 2 aliphatic rings. The summed E-state index contributed by atoms with van der Waals surface area (Å²) in [6, 6.07) is 0.144. The van der Waals surface area contributed by atoms with E-state index in [2.05, 4.69) is 10.1 Å². The molecule has 0 aromatic carbocycles. The molecular weight excluding hydrogens is 300 g/mol. The molecule has 1 aromatic rings. The second-order valence-corrected chi connectivity index (χ2v) is 8.82. The predicted octanol–water partition coefficient (Wildman–Crippen LogP) is 2.05. The van der Waals surface area contributed by atoms with Crippen LogP contribution in [0.25, 0.3) is 0 Å². The van der Waals surface area contributed by atoms with Gasteiger partial charge in [-0.05, 0) is 26.2 Å². The number of rotatable bonds is 5. The van der Waals surface area contributed by atoms with Crippen LogP contribution in [0, 0.1) is 19.8 Å². The zero-order valence-electron chi connectivity index (χ0n) is 13.5. The van der Waals surface area contributed by atoms with Crippen molar-refractivity contribution in [3.8, 4) is 0 Å². The molecule has 3 rings (SSSR count). The first kappa shape index (κ1) is 15.9. The van der Waals surface area contributed by atoms with Crippen molar-refractivity contribution in [3.05, 3.63) is 11.6 Å². The summed E-state index contributed by atoms with van der Waals surface area (Å²) in [5.41, 5.74) is 0. The van der Waals surface area contributed by atoms with Crippen molar-refractivity contribution in [1.82, 2.24) is 19.1 Å². The van der Waals surface area contributed by atoms with Gasteiger partial charge in [-0.1, -0.05) is 32.1 Å². The van der Waals surface area contributed by atoms with E-state index < -0.39 is 10.0 Å². The van der Waals surface area contributed by atoms with E-state index in [4.69, 9.17) is 0 Å². The van der Waals surface area contributed by atoms with Crippen LogP contribution >= 0.6 is 0 Å². The molecule has 7 heteroatoms. The molecule has 1 saturated carbocycles. The van der Waals surface area contributed by atoms with Crippen LogP contribution in [0.15, 0.2) is 0 Å². The highest BCUT2D eigenvalue weighted by Crippen LogP contribution is 2.29. The van der Waals surface area contributed by atoms with E-state index in [0.29, 0.717) is 24.8 Å². The zero-order valence-corrected chi connectivity index (χ0v) is 14.3. The Balaban J connectivity index is 1.51. The maximum atomic E-state index is 12.4. The predicted molar refractivity (Wildman–Crippen MR) is 85.1 cm³/mol. The van der Waals surface area contributed by atoms with E-state index in [0.717, 1.165) is 18.1 Å². The summed E-state index contributed by atoms with van der Waals surface area (Å²) in [6.07, 6.45) is 7.08. The van der Waals surface area contributed by atoms with E-state index in [1.165, 1.54) is 32.1 Å². The summed E-state index contributed by atoms with van der Waals surface area (Å²) < 4.78 is 28.3. The monoisotopic (exact) mass is 326 g/mol. The molecule has 124 valence electrons. The Morgan fingerprint density at radius 1 is 1.14 bits per heavy atom. The van der Waals surface area contributed by atoms with Crippen LogP contribution in [0.4, 0.5) is 0 Å². The SMILES string of the molecule is Cc1nc(C)n(C2CN(S(=O)(=O)CCC3CCCCC3)C2)n1. The van der Waals surface area contributed by atoms with Crippen LogP contribution in [-0.2, 0) is 10.0 Å². The Morgan fingerprint density at radius 3 is 2.41 bits per heavy atom. The molecule has 1 aromatic heterocycles. The molecule has 1 aliphatic heterocycles. The van der Waals surface area contributed by atoms with Crippen molar-refractivity contribution in [2.45, 2.75) is 58.4 Å². The van der Waals surface area contributed by atoms with Gasteiger partial charge in [0.25, 0.3) is 0 Å². The molecule has 0 N–H and O–H groups in total. The average Bonchev–Trinajstić information content (AvgIpc) is 2.75. The largest absolute Gasteiger partial charge is 0.244 e. The van der Waals surface area contributed by atoms with Gasteiger partial charge in [0.05, 0.1) is 11.8 Å². The Bertz CT molecular complexity index is 613. The van der Waals surface area contributed by atoms with Crippen molar-refractivity contribution >= 4 is 10.0 Å². The maximum Gasteiger partial charge on any atom is 0.214 e. The zero-order chi connectivity index (χ0) is 15.7. The molecule has 0 bridgehead atoms. The molecule has 1 saturated heterocycles. The van der Waals surface area contributed by atoms with E-state index in [9.17, 15) is 8.42 Å². The molecule has 2 fully saturated rings. The third kappa shape index (κ3) is 3.35. The molecule has 0 amide bonds. The smallest absolute Gasteiger partial charge is 0.214 e. The molecule has 1 aliphatic carbocycles. The Hall–Kier alpha value is -0.950. The lowest BCUT2D eigenvalue weighted by atomic mass is 9.88. The summed E-state index contributed by atoms with van der Waals surface area (Å²) in [6.45, 7) is 4.86. The van der Waals surface area contributed by atoms with Gasteiger partial charge < -0.3 is 0 Å². The molecule has 0 spiro atoms. The number of aryl methyl sites for hydroxylation is 2. The minimum Gasteiger partial charge on any atom is -0.244 e. The first-order chi connectivity index (χ1) is 10.5. The maximum absolute atomic E-state index is 12.4. The lowest BCUT2D eigenvalue weighted by Crippen LogP contribution is -2.52. The second kappa shape index (κ2) is 6.28. The molecule has 0 atom stereocenters. The molecule has 22 heavy (non-hydrogen) atoms. The summed E-state index contributed by atoms with van der Waals surface area (Å²) in [5.74, 6) is 2.53. The summed E-state index contributed by atoms with van der Waals surface area (Å²) in [7, 11) is -3.10. The van der Waals surface area contributed by atoms with Crippen molar-refractivity contribution in [2.75, 3.05) is 18.8 Å². The third-order valence-corrected chi connectivity index (χ3v) is 6.82. The van der Waals surface area contributed by atoms with Crippen molar-refractivity contribution < 1.29 is 8.42 Å². The lowest BCUT2D eigenvalue weighted by molar-refractivity contribution is 0.187. The Morgan fingerprint density at radius 2 is 1.82 bits per heavy atom. The van der Waals surface area contributed by atoms with Crippen LogP contribution in [0.2, 0.25) is 0 Å². The highest BCUT2D eigenvalue weighted by atomic mass is 32.2. The molecule has 2 heterocycles. The average molecular weight is 326 g/mol. The van der Waals surface area contributed by atoms with Crippen molar-refractivity contribution in [1.29, 1.82) is 0 Å². The minimum atomic E-state index is -3.10. The third-order valence-electron chi connectivity index (χ3n) is 4.98. The van der Waals surface area contributed by atoms with Gasteiger partial charge >= 0.3 is 0 Å². The topological polar surface area (TPSA) is 68.1 Å². The fourth-order valence-electron chi connectivity index (χ4n) is 3.60. The summed E-state index contributed by atoms with van der Waals surface area (Å²) >= 11 is 0. The molecule has 6 nitrogen and oxygen atoms in total. The van der Waals surface area contributed by atoms with E-state index in [-0.39, 0.29) is 6.04 Å². The number of hydrogen-bond acceptors (Lipinski definition) is 4. The highest BCUT2D eigenvalue weighted by molar-refractivity contribution is 7.89. The van der Waals surface area contributed by atoms with E-state index in [1.54, 1.807) is 4.31 Å². The van der Waals surface area contributed by atoms with E-state index in [1.807, 2.05) is 18.5 Å². The summed E-state index contributed by atoms with van der Waals surface area (Å²) in [4.78, 5) is 4.28. The minimum absolute atomic E-state index is 0.144. The number of sulfonamides is 1. The summed E-state index contributed by atoms with van der Waals surface area (Å²) in [5, 5.41) is 4.35. The highest BCUT2D eigenvalue weighted by Gasteiger charge is 2.38. The number of aromatic nitrogens is 3. The van der Waals surface area contributed by atoms with Crippen molar-refractivity contribution in [2.24, 2.45) is 5.92 Å².